The summed E-state index contributed by atoms with van der Waals surface area (Å²) in [6, 6.07) is -0.726. The molecule has 1 N–H and O–H groups in total. The monoisotopic (exact) mass is 249 g/mol. The molecule has 1 unspecified atom stereocenters. The van der Waals surface area contributed by atoms with Crippen LogP contribution in [0.15, 0.2) is 0 Å². The number of rotatable bonds is 8. The molecule has 1 atom stereocenters. The number of thioether (sulfide) groups is 1. The molecule has 0 aromatic carbocycles. The van der Waals surface area contributed by atoms with E-state index >= 15 is 0 Å². The first-order chi connectivity index (χ1) is 7.54. The third-order valence-electron chi connectivity index (χ3n) is 2.19. The number of likely N-dealkylation sites (N-methyl/N-ethyl adjacent to an activating group) is 1. The van der Waals surface area contributed by atoms with Crippen LogP contribution < -0.4 is 0 Å². The molecule has 0 saturated heterocycles. The Morgan fingerprint density at radius 2 is 2.12 bits per heavy atom. The quantitative estimate of drug-likeness (QED) is 0.641. The lowest BCUT2D eigenvalue weighted by Crippen LogP contribution is -2.42. The first-order valence-electron chi connectivity index (χ1n) is 5.09. The molecule has 0 saturated carbocycles. The Balaban J connectivity index is 4.01. The molecule has 94 valence electrons. The molecule has 0 aliphatic heterocycles. The summed E-state index contributed by atoms with van der Waals surface area (Å²) in [7, 11) is 3.13. The van der Waals surface area contributed by atoms with Crippen LogP contribution in [0.4, 0.5) is 0 Å². The molecule has 6 heteroatoms. The Morgan fingerprint density at radius 3 is 2.56 bits per heavy atom. The smallest absolute Gasteiger partial charge is 0.326 e. The number of aliphatic carboxylic acids is 1. The molecule has 0 fully saturated rings. The number of ether oxygens (including phenoxy) is 1. The van der Waals surface area contributed by atoms with Crippen LogP contribution in [-0.2, 0) is 14.3 Å². The van der Waals surface area contributed by atoms with Crippen LogP contribution in [0.25, 0.3) is 0 Å². The van der Waals surface area contributed by atoms with Gasteiger partial charge in [-0.2, -0.15) is 0 Å². The van der Waals surface area contributed by atoms with E-state index in [-0.39, 0.29) is 5.91 Å². The van der Waals surface area contributed by atoms with Gasteiger partial charge in [0, 0.05) is 19.9 Å². The van der Waals surface area contributed by atoms with Gasteiger partial charge in [-0.3, -0.25) is 4.79 Å². The third-order valence-corrected chi connectivity index (χ3v) is 3.10. The molecule has 0 aliphatic rings. The average Bonchev–Trinajstić information content (AvgIpc) is 2.24. The summed E-state index contributed by atoms with van der Waals surface area (Å²) in [5, 5.41) is 8.88. The van der Waals surface area contributed by atoms with Gasteiger partial charge in [0.1, 0.15) is 6.04 Å². The largest absolute Gasteiger partial charge is 0.480 e. The standard InChI is InChI=1S/C10H19NO4S/c1-4-8(10(13)14)11(2)9(12)7-16-6-5-15-3/h8H,4-7H2,1-3H3,(H,13,14). The first-order valence-corrected chi connectivity index (χ1v) is 6.25. The summed E-state index contributed by atoms with van der Waals surface area (Å²) in [6.45, 7) is 2.35. The lowest BCUT2D eigenvalue weighted by Gasteiger charge is -2.23. The van der Waals surface area contributed by atoms with Gasteiger partial charge in [0.2, 0.25) is 5.91 Å². The van der Waals surface area contributed by atoms with Crippen LogP contribution in [0.3, 0.4) is 0 Å². The fraction of sp³-hybridized carbons (Fsp3) is 0.800. The number of methoxy groups -OCH3 is 1. The normalized spacial score (nSPS) is 12.2. The highest BCUT2D eigenvalue weighted by molar-refractivity contribution is 7.99. The molecule has 0 spiro atoms. The van der Waals surface area contributed by atoms with E-state index in [0.717, 1.165) is 5.75 Å². The molecular formula is C10H19NO4S. The van der Waals surface area contributed by atoms with Gasteiger partial charge >= 0.3 is 5.97 Å². The SMILES string of the molecule is CCC(C(=O)O)N(C)C(=O)CSCCOC. The number of carbonyl (C=O) groups excluding carboxylic acids is 1. The van der Waals surface area contributed by atoms with E-state index in [1.807, 2.05) is 0 Å². The summed E-state index contributed by atoms with van der Waals surface area (Å²) in [4.78, 5) is 23.7. The molecule has 0 aromatic heterocycles. The highest BCUT2D eigenvalue weighted by Gasteiger charge is 2.24. The molecule has 0 bridgehead atoms. The maximum atomic E-state index is 11.6. The Labute approximate surface area is 100 Å². The van der Waals surface area contributed by atoms with E-state index in [9.17, 15) is 9.59 Å². The van der Waals surface area contributed by atoms with E-state index in [2.05, 4.69) is 0 Å². The van der Waals surface area contributed by atoms with Crippen molar-refractivity contribution in [1.82, 2.24) is 4.90 Å². The van der Waals surface area contributed by atoms with E-state index < -0.39 is 12.0 Å². The van der Waals surface area contributed by atoms with Gasteiger partial charge in [-0.05, 0) is 6.42 Å². The van der Waals surface area contributed by atoms with Crippen molar-refractivity contribution in [3.05, 3.63) is 0 Å². The zero-order valence-electron chi connectivity index (χ0n) is 9.93. The second-order valence-electron chi connectivity index (χ2n) is 3.31. The maximum Gasteiger partial charge on any atom is 0.326 e. The van der Waals surface area contributed by atoms with Crippen molar-refractivity contribution >= 4 is 23.6 Å². The second-order valence-corrected chi connectivity index (χ2v) is 4.42. The predicted molar refractivity (Wildman–Crippen MR) is 63.7 cm³/mol. The van der Waals surface area contributed by atoms with Gasteiger partial charge in [0.15, 0.2) is 0 Å². The zero-order valence-corrected chi connectivity index (χ0v) is 10.7. The van der Waals surface area contributed by atoms with E-state index in [4.69, 9.17) is 9.84 Å². The van der Waals surface area contributed by atoms with E-state index in [0.29, 0.717) is 18.8 Å². The lowest BCUT2D eigenvalue weighted by atomic mass is 10.2. The molecule has 0 aromatic rings. The van der Waals surface area contributed by atoms with Crippen LogP contribution in [0, 0.1) is 0 Å². The Bertz CT molecular complexity index is 235. The van der Waals surface area contributed by atoms with Crippen molar-refractivity contribution < 1.29 is 19.4 Å². The lowest BCUT2D eigenvalue weighted by molar-refractivity contribution is -0.148. The van der Waals surface area contributed by atoms with Crippen molar-refractivity contribution in [1.29, 1.82) is 0 Å². The fourth-order valence-electron chi connectivity index (χ4n) is 1.19. The number of amides is 1. The van der Waals surface area contributed by atoms with Gasteiger partial charge in [-0.1, -0.05) is 6.92 Å². The average molecular weight is 249 g/mol. The molecular weight excluding hydrogens is 230 g/mol. The number of carbonyl (C=O) groups is 2. The summed E-state index contributed by atoms with van der Waals surface area (Å²) >= 11 is 1.44. The summed E-state index contributed by atoms with van der Waals surface area (Å²) in [5.41, 5.74) is 0. The number of hydrogen-bond acceptors (Lipinski definition) is 4. The van der Waals surface area contributed by atoms with E-state index in [1.165, 1.54) is 23.7 Å². The second kappa shape index (κ2) is 8.41. The van der Waals surface area contributed by atoms with Gasteiger partial charge in [-0.15, -0.1) is 11.8 Å². The van der Waals surface area contributed by atoms with Crippen molar-refractivity contribution in [2.45, 2.75) is 19.4 Å². The molecule has 0 radical (unpaired) electrons. The van der Waals surface area contributed by atoms with Crippen molar-refractivity contribution in [3.8, 4) is 0 Å². The van der Waals surface area contributed by atoms with Crippen LogP contribution in [-0.4, -0.2) is 60.2 Å². The molecule has 0 rings (SSSR count). The summed E-state index contributed by atoms with van der Waals surface area (Å²) in [5.74, 6) is -0.0839. The molecule has 0 aliphatic carbocycles. The minimum absolute atomic E-state index is 0.157. The predicted octanol–water partition coefficient (Wildman–Crippen LogP) is 0.688. The van der Waals surface area contributed by atoms with Crippen molar-refractivity contribution in [2.24, 2.45) is 0 Å². The fourth-order valence-corrected chi connectivity index (χ4v) is 2.00. The van der Waals surface area contributed by atoms with Crippen LogP contribution in [0.1, 0.15) is 13.3 Å². The van der Waals surface area contributed by atoms with Crippen LogP contribution >= 0.6 is 11.8 Å². The zero-order chi connectivity index (χ0) is 12.6. The van der Waals surface area contributed by atoms with Gasteiger partial charge in [0.25, 0.3) is 0 Å². The van der Waals surface area contributed by atoms with Gasteiger partial charge < -0.3 is 14.7 Å². The van der Waals surface area contributed by atoms with Gasteiger partial charge in [0.05, 0.1) is 12.4 Å². The minimum atomic E-state index is -0.958. The van der Waals surface area contributed by atoms with Crippen molar-refractivity contribution in [3.63, 3.8) is 0 Å². The molecule has 0 heterocycles. The highest BCUT2D eigenvalue weighted by atomic mass is 32.2. The maximum absolute atomic E-state index is 11.6. The highest BCUT2D eigenvalue weighted by Crippen LogP contribution is 2.07. The Kier molecular flexibility index (Phi) is 8.01. The van der Waals surface area contributed by atoms with Gasteiger partial charge in [-0.25, -0.2) is 4.79 Å². The topological polar surface area (TPSA) is 66.8 Å². The van der Waals surface area contributed by atoms with Crippen molar-refractivity contribution in [2.75, 3.05) is 32.3 Å². The summed E-state index contributed by atoms with van der Waals surface area (Å²) < 4.78 is 4.85. The Hall–Kier alpha value is -0.750. The summed E-state index contributed by atoms with van der Waals surface area (Å²) in [6.07, 6.45) is 0.417. The first kappa shape index (κ1) is 15.2. The Morgan fingerprint density at radius 1 is 1.50 bits per heavy atom. The minimum Gasteiger partial charge on any atom is -0.480 e. The number of carboxylic acid groups (broad SMARTS) is 1. The number of nitrogens with zero attached hydrogens (tertiary/aromatic N) is 1. The van der Waals surface area contributed by atoms with E-state index in [1.54, 1.807) is 14.0 Å². The third kappa shape index (κ3) is 5.37. The number of carboxylic acids is 1. The number of hydrogen-bond donors (Lipinski definition) is 1. The van der Waals surface area contributed by atoms with Crippen LogP contribution in [0.2, 0.25) is 0 Å². The molecule has 16 heavy (non-hydrogen) atoms. The molecule has 1 amide bonds. The van der Waals surface area contributed by atoms with Crippen LogP contribution in [0.5, 0.6) is 0 Å². The molecule has 5 nitrogen and oxygen atoms in total.